The first kappa shape index (κ1) is 9.88. The van der Waals surface area contributed by atoms with Gasteiger partial charge in [-0.1, -0.05) is 6.92 Å². The lowest BCUT2D eigenvalue weighted by molar-refractivity contribution is -0.271. The highest BCUT2D eigenvalue weighted by Gasteiger charge is 2.40. The Bertz CT molecular complexity index is 146. The summed E-state index contributed by atoms with van der Waals surface area (Å²) in [7, 11) is 0. The molecule has 5 heteroatoms. The van der Waals surface area contributed by atoms with E-state index in [1.807, 2.05) is 0 Å². The second kappa shape index (κ2) is 3.68. The molecule has 4 N–H and O–H groups in total. The van der Waals surface area contributed by atoms with Crippen molar-refractivity contribution in [3.05, 3.63) is 0 Å². The van der Waals surface area contributed by atoms with Gasteiger partial charge in [0.25, 0.3) is 0 Å². The Kier molecular flexibility index (Phi) is 3.03. The molecular formula is C7H14O5. The molecule has 1 rings (SSSR count). The van der Waals surface area contributed by atoms with Crippen molar-refractivity contribution >= 4 is 0 Å². The maximum absolute atomic E-state index is 9.37. The lowest BCUT2D eigenvalue weighted by atomic mass is 9.91. The maximum Gasteiger partial charge on any atom is 0.181 e. The minimum atomic E-state index is -1.32. The highest BCUT2D eigenvalue weighted by atomic mass is 16.6. The second-order valence-corrected chi connectivity index (χ2v) is 3.09. The fraction of sp³-hybridized carbons (Fsp3) is 1.00. The van der Waals surface area contributed by atoms with E-state index in [1.165, 1.54) is 0 Å². The van der Waals surface area contributed by atoms with Crippen molar-refractivity contribution in [3.8, 4) is 0 Å². The van der Waals surface area contributed by atoms with E-state index in [9.17, 15) is 10.2 Å². The van der Waals surface area contributed by atoms with E-state index >= 15 is 0 Å². The van der Waals surface area contributed by atoms with Crippen molar-refractivity contribution in [2.45, 2.75) is 31.5 Å². The van der Waals surface area contributed by atoms with Gasteiger partial charge >= 0.3 is 0 Å². The summed E-state index contributed by atoms with van der Waals surface area (Å²) in [4.78, 5) is 0. The lowest BCUT2D eigenvalue weighted by Gasteiger charge is -2.38. The summed E-state index contributed by atoms with van der Waals surface area (Å²) in [5, 5.41) is 36.4. The molecule has 0 aromatic heterocycles. The van der Waals surface area contributed by atoms with Gasteiger partial charge in [0, 0.05) is 5.92 Å². The largest absolute Gasteiger partial charge is 0.394 e. The van der Waals surface area contributed by atoms with Crippen molar-refractivity contribution in [2.24, 2.45) is 5.92 Å². The van der Waals surface area contributed by atoms with E-state index in [0.29, 0.717) is 0 Å². The average Bonchev–Trinajstić information content (AvgIpc) is 2.08. The van der Waals surface area contributed by atoms with Gasteiger partial charge in [-0.05, 0) is 0 Å². The standard InChI is InChI=1S/C7H14O5/c1-3-5(9)4(2-8)12-7(11)6(3)10/h3-11H,2H2,1H3/t3-,4?,5-,6?,7-/m1/s1. The predicted molar refractivity (Wildman–Crippen MR) is 39.1 cm³/mol. The third-order valence-electron chi connectivity index (χ3n) is 2.24. The summed E-state index contributed by atoms with van der Waals surface area (Å²) in [6.45, 7) is 1.22. The Morgan fingerprint density at radius 1 is 1.17 bits per heavy atom. The molecule has 0 aliphatic carbocycles. The van der Waals surface area contributed by atoms with Crippen LogP contribution in [0.15, 0.2) is 0 Å². The first-order valence-electron chi connectivity index (χ1n) is 3.88. The van der Waals surface area contributed by atoms with Gasteiger partial charge in [-0.15, -0.1) is 0 Å². The minimum absolute atomic E-state index is 0.366. The van der Waals surface area contributed by atoms with Crippen LogP contribution in [0.1, 0.15) is 6.92 Å². The number of hydrogen-bond acceptors (Lipinski definition) is 5. The van der Waals surface area contributed by atoms with E-state index in [4.69, 9.17) is 14.9 Å². The molecule has 1 aliphatic rings. The van der Waals surface area contributed by atoms with Crippen LogP contribution in [0.25, 0.3) is 0 Å². The third-order valence-corrected chi connectivity index (χ3v) is 2.24. The average molecular weight is 178 g/mol. The summed E-state index contributed by atoms with van der Waals surface area (Å²) in [6.07, 6.45) is -4.16. The maximum atomic E-state index is 9.37. The van der Waals surface area contributed by atoms with Crippen molar-refractivity contribution in [1.29, 1.82) is 0 Å². The molecule has 12 heavy (non-hydrogen) atoms. The molecule has 1 fully saturated rings. The first-order chi connectivity index (χ1) is 5.57. The van der Waals surface area contributed by atoms with Crippen LogP contribution >= 0.6 is 0 Å². The quantitative estimate of drug-likeness (QED) is 0.375. The summed E-state index contributed by atoms with van der Waals surface area (Å²) in [6, 6.07) is 0. The summed E-state index contributed by atoms with van der Waals surface area (Å²) < 4.78 is 4.74. The minimum Gasteiger partial charge on any atom is -0.394 e. The zero-order chi connectivity index (χ0) is 9.30. The molecule has 0 aromatic carbocycles. The van der Waals surface area contributed by atoms with Gasteiger partial charge < -0.3 is 25.2 Å². The molecule has 5 atom stereocenters. The SMILES string of the molecule is C[C@H]1C(O)[C@H](O)OC(CO)[C@@H]1O. The molecule has 1 aliphatic heterocycles. The van der Waals surface area contributed by atoms with Crippen LogP contribution in [-0.2, 0) is 4.74 Å². The number of rotatable bonds is 1. The van der Waals surface area contributed by atoms with E-state index in [1.54, 1.807) is 6.92 Å². The van der Waals surface area contributed by atoms with Crippen molar-refractivity contribution in [3.63, 3.8) is 0 Å². The van der Waals surface area contributed by atoms with Crippen molar-refractivity contribution < 1.29 is 25.2 Å². The Labute approximate surface area is 70.2 Å². The molecule has 0 spiro atoms. The summed E-state index contributed by atoms with van der Waals surface area (Å²) in [5.74, 6) is -0.495. The zero-order valence-corrected chi connectivity index (χ0v) is 6.79. The van der Waals surface area contributed by atoms with Crippen molar-refractivity contribution in [1.82, 2.24) is 0 Å². The van der Waals surface area contributed by atoms with E-state index in [2.05, 4.69) is 0 Å². The van der Waals surface area contributed by atoms with Gasteiger partial charge in [-0.2, -0.15) is 0 Å². The Morgan fingerprint density at radius 2 is 1.75 bits per heavy atom. The van der Waals surface area contributed by atoms with Crippen LogP contribution in [0.3, 0.4) is 0 Å². The van der Waals surface area contributed by atoms with Crippen molar-refractivity contribution in [2.75, 3.05) is 6.61 Å². The summed E-state index contributed by atoms with van der Waals surface area (Å²) in [5.41, 5.74) is 0. The lowest BCUT2D eigenvalue weighted by Crippen LogP contribution is -2.54. The van der Waals surface area contributed by atoms with Crippen LogP contribution in [0, 0.1) is 5.92 Å². The molecule has 0 bridgehead atoms. The molecule has 5 nitrogen and oxygen atoms in total. The molecule has 2 unspecified atom stereocenters. The van der Waals surface area contributed by atoms with E-state index in [0.717, 1.165) is 0 Å². The van der Waals surface area contributed by atoms with Gasteiger partial charge in [-0.25, -0.2) is 0 Å². The van der Waals surface area contributed by atoms with E-state index in [-0.39, 0.29) is 6.61 Å². The third kappa shape index (κ3) is 1.60. The molecule has 0 aromatic rings. The van der Waals surface area contributed by atoms with Crippen LogP contribution in [0.2, 0.25) is 0 Å². The summed E-state index contributed by atoms with van der Waals surface area (Å²) >= 11 is 0. The fourth-order valence-electron chi connectivity index (χ4n) is 1.29. The van der Waals surface area contributed by atoms with Gasteiger partial charge in [-0.3, -0.25) is 0 Å². The number of ether oxygens (including phenoxy) is 1. The normalized spacial score (nSPS) is 49.2. The van der Waals surface area contributed by atoms with Gasteiger partial charge in [0.05, 0.1) is 12.7 Å². The monoisotopic (exact) mass is 178 g/mol. The molecule has 0 amide bonds. The molecular weight excluding hydrogens is 164 g/mol. The van der Waals surface area contributed by atoms with Crippen LogP contribution in [-0.4, -0.2) is 51.6 Å². The molecule has 0 saturated carbocycles. The molecule has 1 saturated heterocycles. The second-order valence-electron chi connectivity index (χ2n) is 3.09. The van der Waals surface area contributed by atoms with Gasteiger partial charge in [0.15, 0.2) is 6.29 Å². The van der Waals surface area contributed by atoms with Crippen LogP contribution < -0.4 is 0 Å². The number of aliphatic hydroxyl groups excluding tert-OH is 4. The zero-order valence-electron chi connectivity index (χ0n) is 6.79. The smallest absolute Gasteiger partial charge is 0.181 e. The highest BCUT2D eigenvalue weighted by Crippen LogP contribution is 2.24. The van der Waals surface area contributed by atoms with Gasteiger partial charge in [0.2, 0.25) is 0 Å². The highest BCUT2D eigenvalue weighted by molar-refractivity contribution is 4.85. The number of aliphatic hydroxyl groups is 4. The van der Waals surface area contributed by atoms with Crippen LogP contribution in [0.5, 0.6) is 0 Å². The van der Waals surface area contributed by atoms with Gasteiger partial charge in [0.1, 0.15) is 12.2 Å². The topological polar surface area (TPSA) is 90.2 Å². The molecule has 0 radical (unpaired) electrons. The fourth-order valence-corrected chi connectivity index (χ4v) is 1.29. The van der Waals surface area contributed by atoms with Crippen LogP contribution in [0.4, 0.5) is 0 Å². The Balaban J connectivity index is 2.63. The Morgan fingerprint density at radius 3 is 2.25 bits per heavy atom. The van der Waals surface area contributed by atoms with E-state index < -0.39 is 30.5 Å². The first-order valence-corrected chi connectivity index (χ1v) is 3.88. The molecule has 72 valence electrons. The predicted octanol–water partition coefficient (Wildman–Crippen LogP) is -1.95. The number of hydrogen-bond donors (Lipinski definition) is 4. The molecule has 1 heterocycles. The Hall–Kier alpha value is -0.200.